The molecule has 1 fully saturated rings. The summed E-state index contributed by atoms with van der Waals surface area (Å²) in [6.07, 6.45) is 1.01. The zero-order valence-electron chi connectivity index (χ0n) is 10.1. The third-order valence-electron chi connectivity index (χ3n) is 3.51. The maximum atomic E-state index is 13.7. The summed E-state index contributed by atoms with van der Waals surface area (Å²) >= 11 is 0. The lowest BCUT2D eigenvalue weighted by molar-refractivity contribution is 0.331. The fourth-order valence-electron chi connectivity index (χ4n) is 2.52. The highest BCUT2D eigenvalue weighted by Crippen LogP contribution is 2.31. The fourth-order valence-corrected chi connectivity index (χ4v) is 2.52. The average molecular weight is 238 g/mol. The molecule has 1 aromatic rings. The number of hydrogen-bond donors (Lipinski definition) is 2. The normalized spacial score (nSPS) is 24.6. The molecule has 2 unspecified atom stereocenters. The van der Waals surface area contributed by atoms with Crippen LogP contribution in [0.3, 0.4) is 0 Å². The van der Waals surface area contributed by atoms with Crippen molar-refractivity contribution in [2.45, 2.75) is 12.3 Å². The molecule has 0 aliphatic carbocycles. The van der Waals surface area contributed by atoms with Crippen molar-refractivity contribution in [3.05, 3.63) is 29.6 Å². The second kappa shape index (κ2) is 5.47. The number of benzene rings is 1. The van der Waals surface area contributed by atoms with Crippen LogP contribution in [0.4, 0.5) is 4.39 Å². The fraction of sp³-hybridized carbons (Fsp3) is 0.538. The Morgan fingerprint density at radius 1 is 1.53 bits per heavy atom. The van der Waals surface area contributed by atoms with Gasteiger partial charge in [0.2, 0.25) is 0 Å². The second-order valence-electron chi connectivity index (χ2n) is 4.49. The maximum Gasteiger partial charge on any atom is 0.165 e. The van der Waals surface area contributed by atoms with Gasteiger partial charge in [-0.3, -0.25) is 0 Å². The number of nitrogens with two attached hydrogens (primary N) is 1. The lowest BCUT2D eigenvalue weighted by atomic mass is 9.81. The number of ether oxygens (including phenoxy) is 1. The molecule has 0 spiro atoms. The predicted octanol–water partition coefficient (Wildman–Crippen LogP) is 1.49. The van der Waals surface area contributed by atoms with Gasteiger partial charge in [0.05, 0.1) is 7.11 Å². The molecule has 0 saturated carbocycles. The number of piperidine rings is 1. The molecule has 3 nitrogen and oxygen atoms in total. The molecule has 2 atom stereocenters. The Labute approximate surface area is 101 Å². The highest BCUT2D eigenvalue weighted by atomic mass is 19.1. The van der Waals surface area contributed by atoms with Gasteiger partial charge in [-0.15, -0.1) is 0 Å². The summed E-state index contributed by atoms with van der Waals surface area (Å²) in [4.78, 5) is 0. The van der Waals surface area contributed by atoms with E-state index >= 15 is 0 Å². The molecular formula is C13H19FN2O. The van der Waals surface area contributed by atoms with Crippen LogP contribution in [-0.4, -0.2) is 26.7 Å². The van der Waals surface area contributed by atoms with Gasteiger partial charge in [0.25, 0.3) is 0 Å². The van der Waals surface area contributed by atoms with Crippen molar-refractivity contribution in [2.24, 2.45) is 11.7 Å². The molecule has 1 aliphatic rings. The lowest BCUT2D eigenvalue weighted by Gasteiger charge is -2.31. The molecule has 2 rings (SSSR count). The number of methoxy groups -OCH3 is 1. The van der Waals surface area contributed by atoms with Crippen molar-refractivity contribution in [2.75, 3.05) is 26.7 Å². The zero-order chi connectivity index (χ0) is 12.3. The van der Waals surface area contributed by atoms with E-state index in [9.17, 15) is 4.39 Å². The van der Waals surface area contributed by atoms with Gasteiger partial charge < -0.3 is 15.8 Å². The molecule has 3 N–H and O–H groups in total. The molecule has 1 heterocycles. The Morgan fingerprint density at radius 3 is 3.00 bits per heavy atom. The third-order valence-corrected chi connectivity index (χ3v) is 3.51. The predicted molar refractivity (Wildman–Crippen MR) is 65.7 cm³/mol. The Morgan fingerprint density at radius 2 is 2.35 bits per heavy atom. The molecule has 94 valence electrons. The van der Waals surface area contributed by atoms with Crippen molar-refractivity contribution in [1.29, 1.82) is 0 Å². The van der Waals surface area contributed by atoms with Gasteiger partial charge in [0.1, 0.15) is 0 Å². The Bertz CT molecular complexity index is 384. The molecule has 1 aromatic carbocycles. The smallest absolute Gasteiger partial charge is 0.165 e. The minimum Gasteiger partial charge on any atom is -0.494 e. The van der Waals surface area contributed by atoms with Gasteiger partial charge >= 0.3 is 0 Å². The lowest BCUT2D eigenvalue weighted by Crippen LogP contribution is -2.39. The van der Waals surface area contributed by atoms with Crippen LogP contribution in [0.25, 0.3) is 0 Å². The van der Waals surface area contributed by atoms with E-state index in [-0.39, 0.29) is 5.82 Å². The van der Waals surface area contributed by atoms with E-state index < -0.39 is 0 Å². The Hall–Kier alpha value is -1.13. The first-order valence-electron chi connectivity index (χ1n) is 6.00. The van der Waals surface area contributed by atoms with Crippen LogP contribution in [0, 0.1) is 11.7 Å². The van der Waals surface area contributed by atoms with Gasteiger partial charge in [0, 0.05) is 0 Å². The summed E-state index contributed by atoms with van der Waals surface area (Å²) < 4.78 is 18.6. The molecule has 1 aliphatic heterocycles. The Kier molecular flexibility index (Phi) is 3.97. The van der Waals surface area contributed by atoms with Crippen molar-refractivity contribution in [3.8, 4) is 5.75 Å². The van der Waals surface area contributed by atoms with Gasteiger partial charge in [0.15, 0.2) is 11.6 Å². The highest BCUT2D eigenvalue weighted by Gasteiger charge is 2.25. The van der Waals surface area contributed by atoms with E-state index in [0.717, 1.165) is 25.1 Å². The SMILES string of the molecule is COc1ccc(C2CCNCC2CN)cc1F. The van der Waals surface area contributed by atoms with E-state index in [0.29, 0.717) is 24.1 Å². The summed E-state index contributed by atoms with van der Waals surface area (Å²) in [7, 11) is 1.48. The van der Waals surface area contributed by atoms with Gasteiger partial charge in [-0.05, 0) is 55.6 Å². The molecule has 0 radical (unpaired) electrons. The van der Waals surface area contributed by atoms with Crippen LogP contribution in [-0.2, 0) is 0 Å². The van der Waals surface area contributed by atoms with Crippen molar-refractivity contribution < 1.29 is 9.13 Å². The molecule has 1 saturated heterocycles. The first-order valence-corrected chi connectivity index (χ1v) is 6.00. The highest BCUT2D eigenvalue weighted by molar-refractivity contribution is 5.32. The molecule has 0 amide bonds. The summed E-state index contributed by atoms with van der Waals surface area (Å²) in [6, 6.07) is 5.22. The molecule has 4 heteroatoms. The van der Waals surface area contributed by atoms with Crippen molar-refractivity contribution in [3.63, 3.8) is 0 Å². The number of nitrogens with one attached hydrogen (secondary N) is 1. The quantitative estimate of drug-likeness (QED) is 0.838. The monoisotopic (exact) mass is 238 g/mol. The van der Waals surface area contributed by atoms with Crippen LogP contribution in [0.2, 0.25) is 0 Å². The molecular weight excluding hydrogens is 219 g/mol. The third kappa shape index (κ3) is 2.58. The van der Waals surface area contributed by atoms with E-state index in [1.807, 2.05) is 6.07 Å². The van der Waals surface area contributed by atoms with Crippen LogP contribution in [0.5, 0.6) is 5.75 Å². The summed E-state index contributed by atoms with van der Waals surface area (Å²) in [6.45, 7) is 2.51. The molecule has 0 aromatic heterocycles. The van der Waals surface area contributed by atoms with E-state index in [2.05, 4.69) is 5.32 Å². The van der Waals surface area contributed by atoms with Crippen molar-refractivity contribution in [1.82, 2.24) is 5.32 Å². The van der Waals surface area contributed by atoms with Gasteiger partial charge in [-0.1, -0.05) is 6.07 Å². The first kappa shape index (κ1) is 12.3. The molecule has 17 heavy (non-hydrogen) atoms. The average Bonchev–Trinajstić information content (AvgIpc) is 2.38. The van der Waals surface area contributed by atoms with E-state index in [1.165, 1.54) is 7.11 Å². The van der Waals surface area contributed by atoms with Crippen LogP contribution < -0.4 is 15.8 Å². The van der Waals surface area contributed by atoms with E-state index in [1.54, 1.807) is 12.1 Å². The van der Waals surface area contributed by atoms with Gasteiger partial charge in [-0.2, -0.15) is 0 Å². The Balaban J connectivity index is 2.23. The summed E-state index contributed by atoms with van der Waals surface area (Å²) in [5, 5.41) is 3.32. The number of rotatable bonds is 3. The summed E-state index contributed by atoms with van der Waals surface area (Å²) in [5.74, 6) is 0.740. The molecule has 0 bridgehead atoms. The number of hydrogen-bond acceptors (Lipinski definition) is 3. The van der Waals surface area contributed by atoms with Crippen LogP contribution in [0.15, 0.2) is 18.2 Å². The minimum atomic E-state index is -0.292. The first-order chi connectivity index (χ1) is 8.26. The maximum absolute atomic E-state index is 13.7. The number of halogens is 1. The standard InChI is InChI=1S/C13H19FN2O/c1-17-13-3-2-9(6-12(13)14)11-4-5-16-8-10(11)7-15/h2-3,6,10-11,16H,4-5,7-8,15H2,1H3. The van der Waals surface area contributed by atoms with Gasteiger partial charge in [-0.25, -0.2) is 4.39 Å². The summed E-state index contributed by atoms with van der Waals surface area (Å²) in [5.41, 5.74) is 6.79. The van der Waals surface area contributed by atoms with E-state index in [4.69, 9.17) is 10.5 Å². The zero-order valence-corrected chi connectivity index (χ0v) is 10.1. The largest absolute Gasteiger partial charge is 0.494 e. The second-order valence-corrected chi connectivity index (χ2v) is 4.49. The van der Waals surface area contributed by atoms with Crippen LogP contribution in [0.1, 0.15) is 17.9 Å². The minimum absolute atomic E-state index is 0.292. The van der Waals surface area contributed by atoms with Crippen molar-refractivity contribution >= 4 is 0 Å². The topological polar surface area (TPSA) is 47.3 Å². The van der Waals surface area contributed by atoms with Crippen LogP contribution >= 0.6 is 0 Å².